The lowest BCUT2D eigenvalue weighted by Crippen LogP contribution is -2.33. The van der Waals surface area contributed by atoms with Crippen LogP contribution in [0.2, 0.25) is 5.02 Å². The number of carbonyl (C=O) groups is 2. The number of nitro benzene ring substituents is 1. The molecule has 1 fully saturated rings. The fourth-order valence-corrected chi connectivity index (χ4v) is 3.98. The summed E-state index contributed by atoms with van der Waals surface area (Å²) in [6.45, 7) is 2.19. The van der Waals surface area contributed by atoms with Crippen molar-refractivity contribution in [1.29, 1.82) is 0 Å². The number of nitro groups is 1. The molecule has 11 heteroatoms. The molecular weight excluding hydrogens is 418 g/mol. The van der Waals surface area contributed by atoms with Gasteiger partial charge in [0, 0.05) is 25.2 Å². The molecule has 3 rings (SSSR count). The summed E-state index contributed by atoms with van der Waals surface area (Å²) in [5.41, 5.74) is -0.123. The van der Waals surface area contributed by atoms with Crippen LogP contribution in [-0.4, -0.2) is 43.6 Å². The summed E-state index contributed by atoms with van der Waals surface area (Å²) in [4.78, 5) is 45.5. The molecule has 2 heterocycles. The van der Waals surface area contributed by atoms with Crippen molar-refractivity contribution >= 4 is 57.5 Å². The number of hydrogen-bond donors (Lipinski definition) is 1. The molecule has 1 atom stereocenters. The number of aromatic nitrogens is 1. The van der Waals surface area contributed by atoms with Crippen LogP contribution >= 0.6 is 23.4 Å². The lowest BCUT2D eigenvalue weighted by atomic mass is 10.2. The van der Waals surface area contributed by atoms with Gasteiger partial charge in [-0.25, -0.2) is 9.98 Å². The van der Waals surface area contributed by atoms with Crippen LogP contribution in [0.3, 0.4) is 0 Å². The van der Waals surface area contributed by atoms with Crippen LogP contribution in [0.25, 0.3) is 0 Å². The maximum absolute atomic E-state index is 12.6. The fourth-order valence-electron chi connectivity index (χ4n) is 2.66. The zero-order valence-electron chi connectivity index (χ0n) is 15.2. The molecule has 0 bridgehead atoms. The van der Waals surface area contributed by atoms with E-state index in [1.165, 1.54) is 29.3 Å². The van der Waals surface area contributed by atoms with Crippen molar-refractivity contribution in [2.45, 2.75) is 18.6 Å². The van der Waals surface area contributed by atoms with Crippen LogP contribution in [0, 0.1) is 10.1 Å². The van der Waals surface area contributed by atoms with Crippen LogP contribution in [0.15, 0.2) is 47.6 Å². The topological polar surface area (TPSA) is 118 Å². The number of rotatable bonds is 6. The van der Waals surface area contributed by atoms with E-state index in [0.717, 1.165) is 11.8 Å². The highest BCUT2D eigenvalue weighted by Crippen LogP contribution is 2.32. The number of amides is 2. The van der Waals surface area contributed by atoms with Gasteiger partial charge in [0.1, 0.15) is 10.9 Å². The van der Waals surface area contributed by atoms with Crippen LogP contribution < -0.4 is 5.32 Å². The summed E-state index contributed by atoms with van der Waals surface area (Å²) >= 11 is 6.98. The molecule has 29 heavy (non-hydrogen) atoms. The third-order valence-corrected chi connectivity index (χ3v) is 5.40. The number of para-hydroxylation sites is 2. The Hall–Kier alpha value is -2.98. The SMILES string of the molecule is CCN1C(=O)C(CC(=O)Nc2ccccc2[N+](=O)[O-])SC1=Nc1ccc(Cl)cn1. The van der Waals surface area contributed by atoms with Crippen LogP contribution in [-0.2, 0) is 9.59 Å². The zero-order valence-corrected chi connectivity index (χ0v) is 16.8. The molecule has 2 aromatic rings. The minimum atomic E-state index is -0.677. The van der Waals surface area contributed by atoms with Gasteiger partial charge >= 0.3 is 0 Å². The standard InChI is InChI=1S/C18H16ClN5O4S/c1-2-23-17(26)14(29-18(23)22-15-8-7-11(19)10-20-15)9-16(25)21-12-5-3-4-6-13(12)24(27)28/h3-8,10,14H,2,9H2,1H3,(H,21,25). The summed E-state index contributed by atoms with van der Waals surface area (Å²) in [6.07, 6.45) is 1.31. The molecule has 1 unspecified atom stereocenters. The third-order valence-electron chi connectivity index (χ3n) is 4.00. The second-order valence-corrected chi connectivity index (χ2v) is 7.55. The van der Waals surface area contributed by atoms with E-state index in [2.05, 4.69) is 15.3 Å². The molecule has 0 spiro atoms. The maximum atomic E-state index is 12.6. The highest BCUT2D eigenvalue weighted by Gasteiger charge is 2.38. The molecule has 0 radical (unpaired) electrons. The highest BCUT2D eigenvalue weighted by molar-refractivity contribution is 8.15. The number of hydrogen-bond acceptors (Lipinski definition) is 7. The van der Waals surface area contributed by atoms with Crippen molar-refractivity contribution < 1.29 is 14.5 Å². The second-order valence-electron chi connectivity index (χ2n) is 5.94. The number of thioether (sulfide) groups is 1. The van der Waals surface area contributed by atoms with Crippen molar-refractivity contribution in [3.05, 3.63) is 57.7 Å². The number of carbonyl (C=O) groups excluding carboxylic acids is 2. The summed E-state index contributed by atoms with van der Waals surface area (Å²) in [5.74, 6) is -0.344. The highest BCUT2D eigenvalue weighted by atomic mass is 35.5. The van der Waals surface area contributed by atoms with Gasteiger partial charge in [-0.2, -0.15) is 0 Å². The van der Waals surface area contributed by atoms with E-state index >= 15 is 0 Å². The number of aliphatic imine (C=N–C) groups is 1. The first-order valence-electron chi connectivity index (χ1n) is 8.60. The molecule has 150 valence electrons. The quantitative estimate of drug-likeness (QED) is 0.549. The van der Waals surface area contributed by atoms with E-state index in [9.17, 15) is 19.7 Å². The van der Waals surface area contributed by atoms with E-state index in [1.54, 1.807) is 25.1 Å². The lowest BCUT2D eigenvalue weighted by molar-refractivity contribution is -0.383. The summed E-state index contributed by atoms with van der Waals surface area (Å²) < 4.78 is 0. The van der Waals surface area contributed by atoms with E-state index in [4.69, 9.17) is 11.6 Å². The molecule has 1 aromatic heterocycles. The number of benzene rings is 1. The van der Waals surface area contributed by atoms with Gasteiger partial charge in [0.15, 0.2) is 11.0 Å². The molecule has 1 N–H and O–H groups in total. The van der Waals surface area contributed by atoms with Gasteiger partial charge in [-0.15, -0.1) is 0 Å². The Kier molecular flexibility index (Phi) is 6.45. The Bertz CT molecular complexity index is 982. The van der Waals surface area contributed by atoms with Crippen molar-refractivity contribution in [2.24, 2.45) is 4.99 Å². The van der Waals surface area contributed by atoms with Gasteiger partial charge in [0.2, 0.25) is 11.8 Å². The smallest absolute Gasteiger partial charge is 0.292 e. The van der Waals surface area contributed by atoms with Crippen molar-refractivity contribution in [3.63, 3.8) is 0 Å². The fraction of sp³-hybridized carbons (Fsp3) is 0.222. The third kappa shape index (κ3) is 4.90. The molecule has 0 saturated carbocycles. The van der Waals surface area contributed by atoms with Gasteiger partial charge in [-0.3, -0.25) is 24.6 Å². The molecule has 0 aliphatic carbocycles. The van der Waals surface area contributed by atoms with Crippen LogP contribution in [0.1, 0.15) is 13.3 Å². The Labute approximate surface area is 175 Å². The number of anilines is 1. The molecule has 9 nitrogen and oxygen atoms in total. The van der Waals surface area contributed by atoms with E-state index < -0.39 is 16.1 Å². The van der Waals surface area contributed by atoms with Crippen molar-refractivity contribution in [3.8, 4) is 0 Å². The van der Waals surface area contributed by atoms with E-state index in [0.29, 0.717) is 22.6 Å². The Morgan fingerprint density at radius 2 is 2.14 bits per heavy atom. The predicted molar refractivity (Wildman–Crippen MR) is 111 cm³/mol. The molecule has 1 aliphatic rings. The number of nitrogens with zero attached hydrogens (tertiary/aromatic N) is 4. The zero-order chi connectivity index (χ0) is 21.0. The average Bonchev–Trinajstić information content (AvgIpc) is 2.98. The van der Waals surface area contributed by atoms with Crippen LogP contribution in [0.4, 0.5) is 17.2 Å². The molecule has 2 amide bonds. The Balaban J connectivity index is 1.73. The van der Waals surface area contributed by atoms with Crippen LogP contribution in [0.5, 0.6) is 0 Å². The molecule has 1 aromatic carbocycles. The maximum Gasteiger partial charge on any atom is 0.292 e. The van der Waals surface area contributed by atoms with Gasteiger partial charge < -0.3 is 5.32 Å². The minimum Gasteiger partial charge on any atom is -0.320 e. The number of amidine groups is 1. The summed E-state index contributed by atoms with van der Waals surface area (Å²) in [6, 6.07) is 9.11. The largest absolute Gasteiger partial charge is 0.320 e. The average molecular weight is 434 g/mol. The minimum absolute atomic E-state index is 0.0875. The van der Waals surface area contributed by atoms with Gasteiger partial charge in [0.05, 0.1) is 9.95 Å². The first-order chi connectivity index (χ1) is 13.9. The monoisotopic (exact) mass is 433 g/mol. The Morgan fingerprint density at radius 1 is 1.38 bits per heavy atom. The number of halogens is 1. The van der Waals surface area contributed by atoms with Crippen molar-refractivity contribution in [1.82, 2.24) is 9.88 Å². The lowest BCUT2D eigenvalue weighted by Gasteiger charge is -2.13. The molecule has 1 saturated heterocycles. The first kappa shape index (κ1) is 20.7. The molecular formula is C18H16ClN5O4S. The summed E-state index contributed by atoms with van der Waals surface area (Å²) in [5, 5.41) is 13.8. The number of pyridine rings is 1. The van der Waals surface area contributed by atoms with E-state index in [-0.39, 0.29) is 23.7 Å². The van der Waals surface area contributed by atoms with Gasteiger partial charge in [-0.1, -0.05) is 35.5 Å². The Morgan fingerprint density at radius 3 is 2.79 bits per heavy atom. The number of nitrogens with one attached hydrogen (secondary N) is 1. The van der Waals surface area contributed by atoms with Crippen molar-refractivity contribution in [2.75, 3.05) is 11.9 Å². The normalized spacial score (nSPS) is 17.6. The first-order valence-corrected chi connectivity index (χ1v) is 9.86. The van der Waals surface area contributed by atoms with E-state index in [1.807, 2.05) is 0 Å². The predicted octanol–water partition coefficient (Wildman–Crippen LogP) is 3.62. The summed E-state index contributed by atoms with van der Waals surface area (Å²) in [7, 11) is 0. The van der Waals surface area contributed by atoms with Gasteiger partial charge in [0.25, 0.3) is 5.69 Å². The second kappa shape index (κ2) is 9.01. The van der Waals surface area contributed by atoms with Gasteiger partial charge in [-0.05, 0) is 25.1 Å². The molecule has 1 aliphatic heterocycles.